The molecule has 0 saturated heterocycles. The van der Waals surface area contributed by atoms with Crippen LogP contribution in [0.4, 0.5) is 13.2 Å². The number of aromatic nitrogens is 1. The number of nitrogens with zero attached hydrogens (tertiary/aromatic N) is 2. The Kier molecular flexibility index (Phi) is 4.39. The molecule has 0 spiro atoms. The molecule has 0 fully saturated rings. The first-order chi connectivity index (χ1) is 10.0. The molecule has 2 rings (SSSR count). The first kappa shape index (κ1) is 14.8. The fraction of sp³-hybridized carbons (Fsp3) is 0.125. The topological polar surface area (TPSA) is 36.7 Å². The molecular weight excluding hydrogens is 277 g/mol. The van der Waals surface area contributed by atoms with Gasteiger partial charge in [0.15, 0.2) is 0 Å². The number of allylic oxidation sites excluding steroid dienone is 1. The molecule has 1 aromatic heterocycles. The number of hydrogen-bond acceptors (Lipinski definition) is 2. The van der Waals surface area contributed by atoms with Crippen molar-refractivity contribution in [2.75, 3.05) is 0 Å². The van der Waals surface area contributed by atoms with Crippen LogP contribution < -0.4 is 0 Å². The Hall–Kier alpha value is -2.61. The highest BCUT2D eigenvalue weighted by atomic mass is 19.4. The van der Waals surface area contributed by atoms with Crippen molar-refractivity contribution in [3.8, 4) is 6.07 Å². The minimum absolute atomic E-state index is 0.0786. The summed E-state index contributed by atoms with van der Waals surface area (Å²) >= 11 is 0. The minimum Gasteiger partial charge on any atom is -0.251 e. The molecule has 0 saturated carbocycles. The van der Waals surface area contributed by atoms with Crippen molar-refractivity contribution >= 4 is 6.08 Å². The van der Waals surface area contributed by atoms with E-state index in [4.69, 9.17) is 5.26 Å². The second kappa shape index (κ2) is 6.23. The molecule has 1 aromatic carbocycles. The summed E-state index contributed by atoms with van der Waals surface area (Å²) in [6, 6.07) is 12.6. The fourth-order valence-corrected chi connectivity index (χ4v) is 1.79. The summed E-state index contributed by atoms with van der Waals surface area (Å²) in [5.41, 5.74) is 0.546. The lowest BCUT2D eigenvalue weighted by molar-refractivity contribution is -0.141. The number of hydrogen-bond donors (Lipinski definition) is 0. The summed E-state index contributed by atoms with van der Waals surface area (Å²) in [7, 11) is 0. The molecule has 1 heterocycles. The first-order valence-corrected chi connectivity index (χ1v) is 6.09. The number of benzene rings is 1. The zero-order chi connectivity index (χ0) is 15.3. The molecule has 0 bridgehead atoms. The maximum Gasteiger partial charge on any atom is 0.433 e. The third-order valence-corrected chi connectivity index (χ3v) is 2.79. The van der Waals surface area contributed by atoms with Gasteiger partial charge in [-0.05, 0) is 35.7 Å². The first-order valence-electron chi connectivity index (χ1n) is 6.09. The van der Waals surface area contributed by atoms with Gasteiger partial charge in [0.1, 0.15) is 5.69 Å². The summed E-state index contributed by atoms with van der Waals surface area (Å²) < 4.78 is 38.3. The average Bonchev–Trinajstić information content (AvgIpc) is 2.47. The second-order valence-corrected chi connectivity index (χ2v) is 4.28. The van der Waals surface area contributed by atoms with Crippen LogP contribution in [-0.2, 0) is 12.6 Å². The van der Waals surface area contributed by atoms with E-state index in [2.05, 4.69) is 11.1 Å². The Morgan fingerprint density at radius 1 is 1.24 bits per heavy atom. The van der Waals surface area contributed by atoms with Crippen LogP contribution in [0.25, 0.3) is 6.08 Å². The summed E-state index contributed by atoms with van der Waals surface area (Å²) in [5.74, 6) is 0. The summed E-state index contributed by atoms with van der Waals surface area (Å²) in [6.07, 6.45) is -0.0155. The Morgan fingerprint density at radius 2 is 1.95 bits per heavy atom. The van der Waals surface area contributed by atoms with Gasteiger partial charge in [0.25, 0.3) is 0 Å². The monoisotopic (exact) mass is 287 g/mol. The van der Waals surface area contributed by atoms with Gasteiger partial charge in [0.05, 0.1) is 11.6 Å². The van der Waals surface area contributed by atoms with Crippen molar-refractivity contribution in [3.05, 3.63) is 71.1 Å². The van der Waals surface area contributed by atoms with Gasteiger partial charge in [-0.1, -0.05) is 24.3 Å². The molecule has 105 valence electrons. The van der Waals surface area contributed by atoms with Gasteiger partial charge < -0.3 is 0 Å². The van der Waals surface area contributed by atoms with E-state index in [1.165, 1.54) is 6.07 Å². The van der Waals surface area contributed by atoms with Crippen molar-refractivity contribution in [3.63, 3.8) is 0 Å². The van der Waals surface area contributed by atoms with Crippen LogP contribution in [0.1, 0.15) is 22.4 Å². The zero-order valence-electron chi connectivity index (χ0n) is 10.9. The largest absolute Gasteiger partial charge is 0.433 e. The predicted molar refractivity (Wildman–Crippen MR) is 72.0 cm³/mol. The summed E-state index contributed by atoms with van der Waals surface area (Å²) in [5, 5.41) is 8.68. The van der Waals surface area contributed by atoms with Crippen LogP contribution in [0.15, 0.2) is 42.6 Å². The SMILES string of the molecule is N#Cc1ccc(C=CCc2c[c]cnc2C(F)(F)F)cc1. The molecule has 21 heavy (non-hydrogen) atoms. The smallest absolute Gasteiger partial charge is 0.251 e. The van der Waals surface area contributed by atoms with Crippen molar-refractivity contribution < 1.29 is 13.2 Å². The van der Waals surface area contributed by atoms with E-state index in [9.17, 15) is 13.2 Å². The third kappa shape index (κ3) is 3.93. The molecule has 0 aliphatic heterocycles. The lowest BCUT2D eigenvalue weighted by Crippen LogP contribution is -2.11. The lowest BCUT2D eigenvalue weighted by Gasteiger charge is -2.09. The Bertz CT molecular complexity index is 680. The Balaban J connectivity index is 2.13. The van der Waals surface area contributed by atoms with Gasteiger partial charge in [-0.2, -0.15) is 18.4 Å². The highest BCUT2D eigenvalue weighted by Gasteiger charge is 2.34. The van der Waals surface area contributed by atoms with Crippen LogP contribution in [-0.4, -0.2) is 4.98 Å². The molecule has 0 aliphatic carbocycles. The second-order valence-electron chi connectivity index (χ2n) is 4.28. The highest BCUT2D eigenvalue weighted by molar-refractivity contribution is 5.51. The van der Waals surface area contributed by atoms with Gasteiger partial charge in [-0.3, -0.25) is 4.98 Å². The van der Waals surface area contributed by atoms with E-state index in [1.807, 2.05) is 6.07 Å². The summed E-state index contributed by atoms with van der Waals surface area (Å²) in [4.78, 5) is 3.35. The normalized spacial score (nSPS) is 11.5. The molecule has 0 amide bonds. The van der Waals surface area contributed by atoms with Crippen LogP contribution >= 0.6 is 0 Å². The summed E-state index contributed by atoms with van der Waals surface area (Å²) in [6.45, 7) is 0. The fourth-order valence-electron chi connectivity index (χ4n) is 1.79. The van der Waals surface area contributed by atoms with Crippen molar-refractivity contribution in [1.82, 2.24) is 4.98 Å². The van der Waals surface area contributed by atoms with Crippen LogP contribution in [0.3, 0.4) is 0 Å². The van der Waals surface area contributed by atoms with Crippen molar-refractivity contribution in [2.45, 2.75) is 12.6 Å². The molecule has 2 nitrogen and oxygen atoms in total. The average molecular weight is 287 g/mol. The molecule has 0 unspecified atom stereocenters. The van der Waals surface area contributed by atoms with E-state index in [1.54, 1.807) is 36.4 Å². The molecule has 1 radical (unpaired) electrons. The number of halogens is 3. The van der Waals surface area contributed by atoms with Crippen LogP contribution in [0.5, 0.6) is 0 Å². The molecule has 2 aromatic rings. The molecule has 0 N–H and O–H groups in total. The Labute approximate surface area is 120 Å². The minimum atomic E-state index is -4.47. The molecular formula is C16H10F3N2. The maximum atomic E-state index is 12.8. The van der Waals surface area contributed by atoms with E-state index in [-0.39, 0.29) is 12.0 Å². The lowest BCUT2D eigenvalue weighted by atomic mass is 10.1. The molecule has 0 aliphatic rings. The number of rotatable bonds is 3. The standard InChI is InChI=1S/C16H10F3N2/c17-16(18,19)15-14(5-2-10-21-15)4-1-3-12-6-8-13(11-20)9-7-12/h1,3,5-10H,4H2. The van der Waals surface area contributed by atoms with Gasteiger partial charge in [0, 0.05) is 12.3 Å². The van der Waals surface area contributed by atoms with Crippen LogP contribution in [0.2, 0.25) is 0 Å². The van der Waals surface area contributed by atoms with Gasteiger partial charge in [-0.25, -0.2) is 0 Å². The van der Waals surface area contributed by atoms with E-state index < -0.39 is 11.9 Å². The molecule has 5 heteroatoms. The van der Waals surface area contributed by atoms with E-state index in [0.29, 0.717) is 5.56 Å². The Morgan fingerprint density at radius 3 is 2.57 bits per heavy atom. The zero-order valence-corrected chi connectivity index (χ0v) is 10.9. The van der Waals surface area contributed by atoms with Crippen molar-refractivity contribution in [2.24, 2.45) is 0 Å². The third-order valence-electron chi connectivity index (χ3n) is 2.79. The van der Waals surface area contributed by atoms with Gasteiger partial charge in [-0.15, -0.1) is 0 Å². The number of nitriles is 1. The highest BCUT2D eigenvalue weighted by Crippen LogP contribution is 2.30. The quantitative estimate of drug-likeness (QED) is 0.854. The maximum absolute atomic E-state index is 12.8. The van der Waals surface area contributed by atoms with E-state index >= 15 is 0 Å². The number of pyridine rings is 1. The van der Waals surface area contributed by atoms with E-state index in [0.717, 1.165) is 11.8 Å². The predicted octanol–water partition coefficient (Wildman–Crippen LogP) is 4.03. The van der Waals surface area contributed by atoms with Gasteiger partial charge >= 0.3 is 6.18 Å². The van der Waals surface area contributed by atoms with Crippen molar-refractivity contribution in [1.29, 1.82) is 5.26 Å². The molecule has 0 atom stereocenters. The number of alkyl halides is 3. The van der Waals surface area contributed by atoms with Gasteiger partial charge in [0.2, 0.25) is 0 Å². The van der Waals surface area contributed by atoms with Crippen LogP contribution in [0, 0.1) is 17.4 Å².